The number of nitrogens with zero attached hydrogens (tertiary/aromatic N) is 2. The van der Waals surface area contributed by atoms with Gasteiger partial charge in [0.05, 0.1) is 9.40 Å². The quantitative estimate of drug-likeness (QED) is 0.490. The molecule has 0 amide bonds. The second-order valence-electron chi connectivity index (χ2n) is 1.72. The van der Waals surface area contributed by atoms with Crippen molar-refractivity contribution in [1.29, 1.82) is 0 Å². The lowest BCUT2D eigenvalue weighted by molar-refractivity contribution is -0.386. The first kappa shape index (κ1) is 11.5. The number of nitro groups is 1. The van der Waals surface area contributed by atoms with E-state index in [2.05, 4.69) is 36.8 Å². The maximum Gasteiger partial charge on any atom is 0.301 e. The van der Waals surface area contributed by atoms with Crippen LogP contribution in [0.15, 0.2) is 21.3 Å². The molecule has 0 spiro atoms. The van der Waals surface area contributed by atoms with Crippen LogP contribution in [-0.4, -0.2) is 9.91 Å². The maximum absolute atomic E-state index is 10.3. The van der Waals surface area contributed by atoms with Crippen molar-refractivity contribution in [3.05, 3.63) is 31.5 Å². The van der Waals surface area contributed by atoms with Gasteiger partial charge >= 0.3 is 5.69 Å². The zero-order valence-corrected chi connectivity index (χ0v) is 9.00. The van der Waals surface area contributed by atoms with Gasteiger partial charge in [0.2, 0.25) is 0 Å². The summed E-state index contributed by atoms with van der Waals surface area (Å²) < 4.78 is 0.986. The molecule has 0 aliphatic heterocycles. The molecule has 0 radical (unpaired) electrons. The average molecular weight is 299 g/mol. The van der Waals surface area contributed by atoms with Gasteiger partial charge in [0.15, 0.2) is 0 Å². The average Bonchev–Trinajstić information content (AvgIpc) is 1.85. The lowest BCUT2D eigenvalue weighted by atomic mass is 10.4. The highest BCUT2D eigenvalue weighted by atomic mass is 79.9. The van der Waals surface area contributed by atoms with Gasteiger partial charge < -0.3 is 6.15 Å². The van der Waals surface area contributed by atoms with E-state index in [1.54, 1.807) is 0 Å². The topological polar surface area (TPSA) is 91.0 Å². The van der Waals surface area contributed by atoms with E-state index in [1.807, 2.05) is 0 Å². The summed E-state index contributed by atoms with van der Waals surface area (Å²) in [6.07, 6.45) is 1.19. The Morgan fingerprint density at radius 1 is 1.50 bits per heavy atom. The van der Waals surface area contributed by atoms with Gasteiger partial charge in [-0.25, -0.2) is 4.98 Å². The van der Waals surface area contributed by atoms with E-state index in [0.717, 1.165) is 0 Å². The molecule has 0 saturated carbocycles. The van der Waals surface area contributed by atoms with Gasteiger partial charge in [0.25, 0.3) is 0 Å². The molecular formula is C5H5Br2N3O2. The van der Waals surface area contributed by atoms with Crippen LogP contribution in [0.4, 0.5) is 5.69 Å². The Labute approximate surface area is 85.2 Å². The van der Waals surface area contributed by atoms with Crippen LogP contribution in [0, 0.1) is 10.1 Å². The molecule has 5 nitrogen and oxygen atoms in total. The molecule has 0 aromatic carbocycles. The molecule has 0 aliphatic carbocycles. The summed E-state index contributed by atoms with van der Waals surface area (Å²) in [5.41, 5.74) is -0.0341. The normalized spacial score (nSPS) is 8.83. The van der Waals surface area contributed by atoms with Gasteiger partial charge in [0.1, 0.15) is 10.8 Å². The Hall–Kier alpha value is -0.530. The largest absolute Gasteiger partial charge is 0.344 e. The lowest BCUT2D eigenvalue weighted by Crippen LogP contribution is -1.90. The van der Waals surface area contributed by atoms with Crippen LogP contribution in [0.2, 0.25) is 0 Å². The standard InChI is InChI=1S/C5H2Br2N2O2.H3N/c6-3-1-5(7)8-2-4(3)9(10)11;/h1-2H;1H3. The molecule has 0 bridgehead atoms. The minimum atomic E-state index is -0.497. The summed E-state index contributed by atoms with van der Waals surface area (Å²) >= 11 is 6.12. The van der Waals surface area contributed by atoms with Crippen molar-refractivity contribution in [1.82, 2.24) is 11.1 Å². The Kier molecular flexibility index (Phi) is 4.29. The van der Waals surface area contributed by atoms with E-state index in [0.29, 0.717) is 9.08 Å². The first-order valence-corrected chi connectivity index (χ1v) is 4.15. The van der Waals surface area contributed by atoms with Gasteiger partial charge in [0, 0.05) is 0 Å². The maximum atomic E-state index is 10.3. The third kappa shape index (κ3) is 2.50. The first-order chi connectivity index (χ1) is 5.11. The fraction of sp³-hybridized carbons (Fsp3) is 0. The molecular weight excluding hydrogens is 294 g/mol. The summed E-state index contributed by atoms with van der Waals surface area (Å²) in [6.45, 7) is 0. The van der Waals surface area contributed by atoms with Gasteiger partial charge in [-0.2, -0.15) is 0 Å². The van der Waals surface area contributed by atoms with Crippen LogP contribution >= 0.6 is 31.9 Å². The molecule has 0 fully saturated rings. The van der Waals surface area contributed by atoms with Crippen molar-refractivity contribution in [2.24, 2.45) is 0 Å². The van der Waals surface area contributed by atoms with Crippen molar-refractivity contribution >= 4 is 37.5 Å². The van der Waals surface area contributed by atoms with Crippen LogP contribution in [0.25, 0.3) is 0 Å². The second kappa shape index (κ2) is 4.48. The smallest absolute Gasteiger partial charge is 0.301 e. The summed E-state index contributed by atoms with van der Waals surface area (Å²) in [6, 6.07) is 1.53. The van der Waals surface area contributed by atoms with E-state index in [4.69, 9.17) is 0 Å². The van der Waals surface area contributed by atoms with Gasteiger partial charge in [-0.1, -0.05) is 0 Å². The summed E-state index contributed by atoms with van der Waals surface area (Å²) in [4.78, 5) is 13.5. The second-order valence-corrected chi connectivity index (χ2v) is 3.38. The van der Waals surface area contributed by atoms with Gasteiger partial charge in [-0.15, -0.1) is 0 Å². The fourth-order valence-corrected chi connectivity index (χ4v) is 1.64. The highest BCUT2D eigenvalue weighted by Gasteiger charge is 2.11. The number of aromatic nitrogens is 1. The number of halogens is 2. The molecule has 1 aromatic rings. The van der Waals surface area contributed by atoms with E-state index < -0.39 is 4.92 Å². The van der Waals surface area contributed by atoms with Crippen LogP contribution in [0.3, 0.4) is 0 Å². The van der Waals surface area contributed by atoms with E-state index in [1.165, 1.54) is 12.3 Å². The van der Waals surface area contributed by atoms with Crippen molar-refractivity contribution < 1.29 is 4.92 Å². The van der Waals surface area contributed by atoms with Gasteiger partial charge in [-0.3, -0.25) is 10.1 Å². The predicted molar refractivity (Wildman–Crippen MR) is 51.3 cm³/mol. The molecule has 1 aromatic heterocycles. The van der Waals surface area contributed by atoms with Crippen molar-refractivity contribution in [3.63, 3.8) is 0 Å². The number of rotatable bonds is 1. The number of hydrogen-bond acceptors (Lipinski definition) is 4. The molecule has 0 atom stereocenters. The minimum absolute atomic E-state index is 0. The van der Waals surface area contributed by atoms with Gasteiger partial charge in [-0.05, 0) is 37.9 Å². The Bertz CT molecular complexity index is 305. The SMILES string of the molecule is N.O=[N+]([O-])c1cnc(Br)cc1Br. The summed E-state index contributed by atoms with van der Waals surface area (Å²) in [5, 5.41) is 10.3. The fourth-order valence-electron chi connectivity index (χ4n) is 0.535. The van der Waals surface area contributed by atoms with Crippen molar-refractivity contribution in [3.8, 4) is 0 Å². The molecule has 7 heteroatoms. The summed E-state index contributed by atoms with van der Waals surface area (Å²) in [5.74, 6) is 0. The van der Waals surface area contributed by atoms with Crippen LogP contribution in [0.5, 0.6) is 0 Å². The molecule has 12 heavy (non-hydrogen) atoms. The first-order valence-electron chi connectivity index (χ1n) is 2.56. The molecule has 1 rings (SSSR count). The number of hydrogen-bond donors (Lipinski definition) is 1. The monoisotopic (exact) mass is 297 g/mol. The van der Waals surface area contributed by atoms with Crippen LogP contribution in [0.1, 0.15) is 0 Å². The molecule has 0 unspecified atom stereocenters. The van der Waals surface area contributed by atoms with E-state index in [9.17, 15) is 10.1 Å². The summed E-state index contributed by atoms with van der Waals surface area (Å²) in [7, 11) is 0. The third-order valence-corrected chi connectivity index (χ3v) is 2.07. The highest BCUT2D eigenvalue weighted by molar-refractivity contribution is 9.11. The van der Waals surface area contributed by atoms with Crippen LogP contribution in [-0.2, 0) is 0 Å². The Morgan fingerprint density at radius 3 is 2.50 bits per heavy atom. The lowest BCUT2D eigenvalue weighted by Gasteiger charge is -1.93. The minimum Gasteiger partial charge on any atom is -0.344 e. The zero-order chi connectivity index (χ0) is 8.43. The Balaban J connectivity index is 0.00000121. The molecule has 0 aliphatic rings. The molecule has 1 heterocycles. The number of pyridine rings is 1. The predicted octanol–water partition coefficient (Wildman–Crippen LogP) is 2.68. The molecule has 0 saturated heterocycles. The zero-order valence-electron chi connectivity index (χ0n) is 5.83. The van der Waals surface area contributed by atoms with E-state index in [-0.39, 0.29) is 11.8 Å². The van der Waals surface area contributed by atoms with Crippen molar-refractivity contribution in [2.75, 3.05) is 0 Å². The van der Waals surface area contributed by atoms with E-state index >= 15 is 0 Å². The Morgan fingerprint density at radius 2 is 2.08 bits per heavy atom. The highest BCUT2D eigenvalue weighted by Crippen LogP contribution is 2.25. The van der Waals surface area contributed by atoms with Crippen LogP contribution < -0.4 is 6.15 Å². The molecule has 66 valence electrons. The molecule has 3 N–H and O–H groups in total. The van der Waals surface area contributed by atoms with Crippen molar-refractivity contribution in [2.45, 2.75) is 0 Å². The third-order valence-electron chi connectivity index (χ3n) is 0.997.